The molecule has 4 rings (SSSR count). The van der Waals surface area contributed by atoms with Crippen LogP contribution < -0.4 is 0 Å². The van der Waals surface area contributed by atoms with E-state index in [0.717, 1.165) is 24.2 Å². The van der Waals surface area contributed by atoms with Crippen LogP contribution in [0, 0.1) is 34.5 Å². The summed E-state index contributed by atoms with van der Waals surface area (Å²) in [6.45, 7) is 5.02. The molecule has 0 aliphatic heterocycles. The maximum Gasteiger partial charge on any atom is 0.136 e. The standard InChI is InChI=1S/C19H30O/c1-18-11-8-15-14(17(18)16(20)9-12-18)7-6-13-5-3-4-10-19(13,15)2/h13-15,17H,3-12H2,1-2H3. The Balaban J connectivity index is 1.68. The Bertz CT molecular complexity index is 427. The van der Waals surface area contributed by atoms with Crippen LogP contribution in [-0.2, 0) is 4.79 Å². The van der Waals surface area contributed by atoms with Crippen LogP contribution in [0.4, 0.5) is 0 Å². The highest BCUT2D eigenvalue weighted by Crippen LogP contribution is 2.65. The molecule has 4 aliphatic carbocycles. The summed E-state index contributed by atoms with van der Waals surface area (Å²) in [6.07, 6.45) is 13.4. The van der Waals surface area contributed by atoms with Crippen LogP contribution in [0.1, 0.15) is 78.1 Å². The fraction of sp³-hybridized carbons (Fsp3) is 0.947. The van der Waals surface area contributed by atoms with E-state index in [0.29, 0.717) is 22.5 Å². The average molecular weight is 274 g/mol. The van der Waals surface area contributed by atoms with Crippen molar-refractivity contribution in [1.29, 1.82) is 0 Å². The summed E-state index contributed by atoms with van der Waals surface area (Å²) in [5, 5.41) is 0. The minimum atomic E-state index is 0.371. The van der Waals surface area contributed by atoms with Gasteiger partial charge < -0.3 is 0 Å². The number of hydrogen-bond donors (Lipinski definition) is 0. The van der Waals surface area contributed by atoms with E-state index in [1.165, 1.54) is 57.8 Å². The van der Waals surface area contributed by atoms with Gasteiger partial charge in [0.15, 0.2) is 0 Å². The minimum Gasteiger partial charge on any atom is -0.299 e. The summed E-state index contributed by atoms with van der Waals surface area (Å²) >= 11 is 0. The molecular weight excluding hydrogens is 244 g/mol. The van der Waals surface area contributed by atoms with E-state index in [4.69, 9.17) is 0 Å². The number of fused-ring (bicyclic) bond motifs is 5. The highest BCUT2D eigenvalue weighted by molar-refractivity contribution is 5.84. The van der Waals surface area contributed by atoms with E-state index in [-0.39, 0.29) is 0 Å². The molecule has 0 aromatic rings. The third kappa shape index (κ3) is 1.64. The third-order valence-corrected chi connectivity index (χ3v) is 8.16. The fourth-order valence-corrected chi connectivity index (χ4v) is 7.05. The Morgan fingerprint density at radius 1 is 0.950 bits per heavy atom. The van der Waals surface area contributed by atoms with Gasteiger partial charge in [-0.2, -0.15) is 0 Å². The van der Waals surface area contributed by atoms with Gasteiger partial charge in [-0.25, -0.2) is 0 Å². The first-order valence-corrected chi connectivity index (χ1v) is 9.07. The van der Waals surface area contributed by atoms with Gasteiger partial charge >= 0.3 is 0 Å². The molecule has 0 heterocycles. The Labute approximate surface area is 123 Å². The highest BCUT2D eigenvalue weighted by Gasteiger charge is 2.59. The second-order valence-electron chi connectivity index (χ2n) is 8.93. The predicted molar refractivity (Wildman–Crippen MR) is 81.4 cm³/mol. The Kier molecular flexibility index (Phi) is 2.89. The lowest BCUT2D eigenvalue weighted by atomic mass is 9.45. The monoisotopic (exact) mass is 274 g/mol. The van der Waals surface area contributed by atoms with Crippen molar-refractivity contribution >= 4 is 5.78 Å². The number of ketones is 1. The topological polar surface area (TPSA) is 17.1 Å². The molecule has 4 aliphatic rings. The summed E-state index contributed by atoms with van der Waals surface area (Å²) in [4.78, 5) is 12.5. The molecule has 6 atom stereocenters. The summed E-state index contributed by atoms with van der Waals surface area (Å²) in [5.74, 6) is 3.63. The lowest BCUT2D eigenvalue weighted by Crippen LogP contribution is -2.53. The second-order valence-corrected chi connectivity index (χ2v) is 8.93. The predicted octanol–water partition coefficient (Wildman–Crippen LogP) is 4.99. The molecule has 1 nitrogen and oxygen atoms in total. The zero-order chi connectivity index (χ0) is 14.0. The first-order valence-electron chi connectivity index (χ1n) is 9.07. The van der Waals surface area contributed by atoms with Gasteiger partial charge in [0.1, 0.15) is 5.78 Å². The fourth-order valence-electron chi connectivity index (χ4n) is 7.05. The minimum absolute atomic E-state index is 0.371. The van der Waals surface area contributed by atoms with Gasteiger partial charge in [-0.15, -0.1) is 0 Å². The number of rotatable bonds is 0. The van der Waals surface area contributed by atoms with Crippen molar-refractivity contribution in [2.24, 2.45) is 34.5 Å². The van der Waals surface area contributed by atoms with Gasteiger partial charge in [0, 0.05) is 12.3 Å². The van der Waals surface area contributed by atoms with E-state index in [1.54, 1.807) is 0 Å². The maximum atomic E-state index is 12.5. The smallest absolute Gasteiger partial charge is 0.136 e. The molecule has 6 unspecified atom stereocenters. The van der Waals surface area contributed by atoms with E-state index in [2.05, 4.69) is 13.8 Å². The normalized spacial score (nSPS) is 55.0. The molecule has 0 radical (unpaired) electrons. The molecule has 0 aromatic heterocycles. The quantitative estimate of drug-likeness (QED) is 0.608. The van der Waals surface area contributed by atoms with Gasteiger partial charge in [0.25, 0.3) is 0 Å². The first-order chi connectivity index (χ1) is 9.55. The SMILES string of the molecule is CC12CCC(=O)C1C1CCC3CCCCC3(C)C1CC2. The van der Waals surface area contributed by atoms with E-state index in [1.807, 2.05) is 0 Å². The van der Waals surface area contributed by atoms with Crippen molar-refractivity contribution in [2.45, 2.75) is 78.1 Å². The van der Waals surface area contributed by atoms with E-state index >= 15 is 0 Å². The Morgan fingerprint density at radius 2 is 1.80 bits per heavy atom. The molecule has 4 saturated carbocycles. The van der Waals surface area contributed by atoms with Crippen LogP contribution >= 0.6 is 0 Å². The average Bonchev–Trinajstić information content (AvgIpc) is 2.74. The third-order valence-electron chi connectivity index (χ3n) is 8.16. The number of Topliss-reactive ketones (excluding diaryl/α,β-unsaturated/α-hetero) is 1. The zero-order valence-electron chi connectivity index (χ0n) is 13.3. The van der Waals surface area contributed by atoms with Gasteiger partial charge in [0.05, 0.1) is 0 Å². The molecule has 0 amide bonds. The summed E-state index contributed by atoms with van der Waals surface area (Å²) in [5.41, 5.74) is 0.946. The van der Waals surface area contributed by atoms with Crippen LogP contribution in [0.5, 0.6) is 0 Å². The largest absolute Gasteiger partial charge is 0.299 e. The molecule has 4 fully saturated rings. The summed E-state index contributed by atoms with van der Waals surface area (Å²) in [6, 6.07) is 0. The first kappa shape index (κ1) is 13.3. The van der Waals surface area contributed by atoms with E-state index in [9.17, 15) is 4.79 Å². The molecule has 20 heavy (non-hydrogen) atoms. The lowest BCUT2D eigenvalue weighted by Gasteiger charge is -2.59. The summed E-state index contributed by atoms with van der Waals surface area (Å²) < 4.78 is 0. The van der Waals surface area contributed by atoms with Gasteiger partial charge in [-0.05, 0) is 73.5 Å². The highest BCUT2D eigenvalue weighted by atomic mass is 16.1. The molecule has 1 heteroatoms. The lowest BCUT2D eigenvalue weighted by molar-refractivity contribution is -0.138. The molecular formula is C19H30O. The molecule has 0 N–H and O–H groups in total. The molecule has 0 aromatic carbocycles. The number of hydrogen-bond acceptors (Lipinski definition) is 1. The van der Waals surface area contributed by atoms with Crippen molar-refractivity contribution in [2.75, 3.05) is 0 Å². The molecule has 0 saturated heterocycles. The van der Waals surface area contributed by atoms with Crippen LogP contribution in [0.15, 0.2) is 0 Å². The summed E-state index contributed by atoms with van der Waals surface area (Å²) in [7, 11) is 0. The Hall–Kier alpha value is -0.330. The molecule has 0 spiro atoms. The maximum absolute atomic E-state index is 12.5. The van der Waals surface area contributed by atoms with Gasteiger partial charge in [-0.1, -0.05) is 26.7 Å². The number of carbonyl (C=O) groups excluding carboxylic acids is 1. The van der Waals surface area contributed by atoms with Crippen LogP contribution in [-0.4, -0.2) is 5.78 Å². The van der Waals surface area contributed by atoms with Crippen molar-refractivity contribution in [1.82, 2.24) is 0 Å². The second kappa shape index (κ2) is 4.34. The number of carbonyl (C=O) groups is 1. The Morgan fingerprint density at radius 3 is 2.65 bits per heavy atom. The van der Waals surface area contributed by atoms with Crippen LogP contribution in [0.3, 0.4) is 0 Å². The van der Waals surface area contributed by atoms with Crippen LogP contribution in [0.25, 0.3) is 0 Å². The van der Waals surface area contributed by atoms with E-state index < -0.39 is 0 Å². The van der Waals surface area contributed by atoms with Crippen molar-refractivity contribution in [3.63, 3.8) is 0 Å². The van der Waals surface area contributed by atoms with Crippen molar-refractivity contribution < 1.29 is 4.79 Å². The molecule has 0 bridgehead atoms. The van der Waals surface area contributed by atoms with Gasteiger partial charge in [-0.3, -0.25) is 4.79 Å². The molecule has 112 valence electrons. The van der Waals surface area contributed by atoms with Crippen molar-refractivity contribution in [3.8, 4) is 0 Å². The van der Waals surface area contributed by atoms with Crippen LogP contribution in [0.2, 0.25) is 0 Å². The van der Waals surface area contributed by atoms with Crippen molar-refractivity contribution in [3.05, 3.63) is 0 Å². The zero-order valence-corrected chi connectivity index (χ0v) is 13.3. The van der Waals surface area contributed by atoms with Gasteiger partial charge in [0.2, 0.25) is 0 Å².